The van der Waals surface area contributed by atoms with Gasteiger partial charge in [0.1, 0.15) is 11.3 Å². The van der Waals surface area contributed by atoms with Crippen LogP contribution in [0.2, 0.25) is 0 Å². The van der Waals surface area contributed by atoms with E-state index in [9.17, 15) is 4.79 Å². The first kappa shape index (κ1) is 10.8. The maximum absolute atomic E-state index is 11.0. The molecule has 0 aliphatic carbocycles. The summed E-state index contributed by atoms with van der Waals surface area (Å²) in [5, 5.41) is 7.82. The first-order chi connectivity index (χ1) is 8.85. The van der Waals surface area contributed by atoms with Gasteiger partial charge in [0.25, 0.3) is 0 Å². The number of aldehydes is 1. The predicted octanol–water partition coefficient (Wildman–Crippen LogP) is 3.20. The van der Waals surface area contributed by atoms with Gasteiger partial charge in [0, 0.05) is 10.9 Å². The summed E-state index contributed by atoms with van der Waals surface area (Å²) in [6.07, 6.45) is 3.13. The lowest BCUT2D eigenvalue weighted by Gasteiger charge is -1.97. The Labute approximate surface area is 104 Å². The van der Waals surface area contributed by atoms with Gasteiger partial charge < -0.3 is 4.42 Å². The van der Waals surface area contributed by atoms with Crippen LogP contribution in [0.3, 0.4) is 0 Å². The average molecular weight is 240 g/mol. The zero-order chi connectivity index (χ0) is 12.5. The smallest absolute Gasteiger partial charge is 0.157 e. The topological polar surface area (TPSA) is 58.9 Å². The number of nitrogens with zero attached hydrogens (tertiary/aromatic N) is 1. The summed E-state index contributed by atoms with van der Waals surface area (Å²) in [5.74, 6) is 0.707. The minimum Gasteiger partial charge on any atom is -0.454 e. The zero-order valence-corrected chi connectivity index (χ0v) is 9.93. The van der Waals surface area contributed by atoms with Crippen molar-refractivity contribution >= 4 is 17.3 Å². The molecular weight excluding hydrogens is 228 g/mol. The van der Waals surface area contributed by atoms with Gasteiger partial charge in [-0.2, -0.15) is 5.10 Å². The summed E-state index contributed by atoms with van der Waals surface area (Å²) in [6, 6.07) is 7.87. The summed E-state index contributed by atoms with van der Waals surface area (Å²) in [6.45, 7) is 2.07. The second-order valence-electron chi connectivity index (χ2n) is 4.08. The quantitative estimate of drug-likeness (QED) is 0.715. The molecule has 4 heteroatoms. The van der Waals surface area contributed by atoms with Crippen molar-refractivity contribution in [2.45, 2.75) is 13.3 Å². The Bertz CT molecular complexity index is 709. The van der Waals surface area contributed by atoms with E-state index >= 15 is 0 Å². The predicted molar refractivity (Wildman–Crippen MR) is 68.6 cm³/mol. The molecule has 3 aromatic rings. The van der Waals surface area contributed by atoms with E-state index in [0.717, 1.165) is 29.2 Å². The Morgan fingerprint density at radius 2 is 2.22 bits per heavy atom. The van der Waals surface area contributed by atoms with E-state index in [1.165, 1.54) is 6.20 Å². The van der Waals surface area contributed by atoms with Crippen LogP contribution in [0.15, 0.2) is 34.9 Å². The number of para-hydroxylation sites is 1. The molecule has 0 unspecified atom stereocenters. The van der Waals surface area contributed by atoms with Crippen LogP contribution >= 0.6 is 0 Å². The van der Waals surface area contributed by atoms with Crippen molar-refractivity contribution in [3.8, 4) is 11.5 Å². The van der Waals surface area contributed by atoms with E-state index in [2.05, 4.69) is 17.1 Å². The number of benzene rings is 1. The highest BCUT2D eigenvalue weighted by atomic mass is 16.3. The Kier molecular flexibility index (Phi) is 2.48. The molecule has 0 saturated heterocycles. The molecule has 2 aromatic heterocycles. The van der Waals surface area contributed by atoms with Gasteiger partial charge in [-0.05, 0) is 12.5 Å². The molecule has 0 bridgehead atoms. The first-order valence-electron chi connectivity index (χ1n) is 5.84. The van der Waals surface area contributed by atoms with Gasteiger partial charge in [0.2, 0.25) is 0 Å². The molecular formula is C14H12N2O2. The van der Waals surface area contributed by atoms with E-state index in [0.29, 0.717) is 17.0 Å². The molecule has 0 aliphatic rings. The molecule has 0 radical (unpaired) electrons. The molecule has 0 aliphatic heterocycles. The van der Waals surface area contributed by atoms with E-state index in [4.69, 9.17) is 4.42 Å². The van der Waals surface area contributed by atoms with Gasteiger partial charge in [-0.25, -0.2) is 0 Å². The number of aromatic amines is 1. The first-order valence-corrected chi connectivity index (χ1v) is 5.84. The van der Waals surface area contributed by atoms with Gasteiger partial charge in [-0.1, -0.05) is 25.1 Å². The Morgan fingerprint density at radius 1 is 1.39 bits per heavy atom. The van der Waals surface area contributed by atoms with Gasteiger partial charge in [0.05, 0.1) is 11.8 Å². The third-order valence-corrected chi connectivity index (χ3v) is 3.07. The van der Waals surface area contributed by atoms with Crippen LogP contribution in [0.25, 0.3) is 22.4 Å². The molecule has 0 amide bonds. The Balaban J connectivity index is 2.32. The third kappa shape index (κ3) is 1.46. The number of fused-ring (bicyclic) bond motifs is 1. The zero-order valence-electron chi connectivity index (χ0n) is 9.93. The van der Waals surface area contributed by atoms with Gasteiger partial charge in [-0.3, -0.25) is 9.89 Å². The number of carbonyl (C=O) groups excluding carboxylic acids is 1. The third-order valence-electron chi connectivity index (χ3n) is 3.07. The Hall–Kier alpha value is -2.36. The van der Waals surface area contributed by atoms with Crippen LogP contribution in [0.1, 0.15) is 22.8 Å². The molecule has 0 fully saturated rings. The number of furan rings is 1. The lowest BCUT2D eigenvalue weighted by Crippen LogP contribution is -1.87. The highest BCUT2D eigenvalue weighted by Gasteiger charge is 2.18. The number of nitrogens with one attached hydrogen (secondary N) is 1. The second-order valence-corrected chi connectivity index (χ2v) is 4.08. The van der Waals surface area contributed by atoms with Gasteiger partial charge >= 0.3 is 0 Å². The number of H-pyrrole nitrogens is 1. The average Bonchev–Trinajstić information content (AvgIpc) is 3.01. The van der Waals surface area contributed by atoms with Crippen molar-refractivity contribution in [1.29, 1.82) is 0 Å². The van der Waals surface area contributed by atoms with Crippen molar-refractivity contribution in [3.63, 3.8) is 0 Å². The molecule has 3 rings (SSSR count). The number of hydrogen-bond donors (Lipinski definition) is 1. The monoisotopic (exact) mass is 240 g/mol. The highest BCUT2D eigenvalue weighted by Crippen LogP contribution is 2.33. The molecule has 90 valence electrons. The molecule has 1 N–H and O–H groups in total. The van der Waals surface area contributed by atoms with Crippen molar-refractivity contribution in [2.24, 2.45) is 0 Å². The number of rotatable bonds is 3. The second kappa shape index (κ2) is 4.14. The van der Waals surface area contributed by atoms with Crippen LogP contribution in [0.4, 0.5) is 0 Å². The minimum absolute atomic E-state index is 0.517. The summed E-state index contributed by atoms with van der Waals surface area (Å²) in [5.41, 5.74) is 3.09. The van der Waals surface area contributed by atoms with Crippen molar-refractivity contribution in [3.05, 3.63) is 41.6 Å². The van der Waals surface area contributed by atoms with E-state index in [-0.39, 0.29) is 0 Å². The molecule has 1 aromatic carbocycles. The number of carbonyl (C=O) groups is 1. The van der Waals surface area contributed by atoms with E-state index < -0.39 is 0 Å². The summed E-state index contributed by atoms with van der Waals surface area (Å²) in [7, 11) is 0. The highest BCUT2D eigenvalue weighted by molar-refractivity contribution is 5.91. The number of hydrogen-bond acceptors (Lipinski definition) is 3. The van der Waals surface area contributed by atoms with Crippen LogP contribution in [0, 0.1) is 0 Å². The number of aromatic nitrogens is 2. The molecule has 0 spiro atoms. The van der Waals surface area contributed by atoms with Crippen LogP contribution in [0.5, 0.6) is 0 Å². The van der Waals surface area contributed by atoms with Crippen molar-refractivity contribution in [2.75, 3.05) is 0 Å². The lowest BCUT2D eigenvalue weighted by atomic mass is 10.1. The minimum atomic E-state index is 0.517. The molecule has 0 atom stereocenters. The summed E-state index contributed by atoms with van der Waals surface area (Å²) in [4.78, 5) is 11.0. The van der Waals surface area contributed by atoms with Gasteiger partial charge in [0.15, 0.2) is 12.0 Å². The van der Waals surface area contributed by atoms with Crippen molar-refractivity contribution < 1.29 is 9.21 Å². The standard InChI is InChI=1S/C14H12N2O2/c1-2-10-11-5-3-4-6-12(11)18-14(10)13-9(8-17)7-15-16-13/h3-8H,2H2,1H3,(H,15,16). The van der Waals surface area contributed by atoms with Crippen LogP contribution in [-0.4, -0.2) is 16.5 Å². The van der Waals surface area contributed by atoms with Crippen LogP contribution in [-0.2, 0) is 6.42 Å². The molecule has 4 nitrogen and oxygen atoms in total. The van der Waals surface area contributed by atoms with Crippen molar-refractivity contribution in [1.82, 2.24) is 10.2 Å². The molecule has 0 saturated carbocycles. The fourth-order valence-corrected chi connectivity index (χ4v) is 2.22. The Morgan fingerprint density at radius 3 is 3.00 bits per heavy atom. The normalized spacial score (nSPS) is 10.9. The SMILES string of the molecule is CCc1c(-c2[nH]ncc2C=O)oc2ccccc12. The fraction of sp³-hybridized carbons (Fsp3) is 0.143. The van der Waals surface area contributed by atoms with Crippen LogP contribution < -0.4 is 0 Å². The largest absolute Gasteiger partial charge is 0.454 e. The summed E-state index contributed by atoms with van der Waals surface area (Å²) >= 11 is 0. The van der Waals surface area contributed by atoms with E-state index in [1.807, 2.05) is 24.3 Å². The molecule has 18 heavy (non-hydrogen) atoms. The van der Waals surface area contributed by atoms with E-state index in [1.54, 1.807) is 0 Å². The maximum atomic E-state index is 11.0. The summed E-state index contributed by atoms with van der Waals surface area (Å²) < 4.78 is 5.85. The number of aryl methyl sites for hydroxylation is 1. The fourth-order valence-electron chi connectivity index (χ4n) is 2.22. The lowest BCUT2D eigenvalue weighted by molar-refractivity contribution is 0.112. The maximum Gasteiger partial charge on any atom is 0.157 e. The van der Waals surface area contributed by atoms with Gasteiger partial charge in [-0.15, -0.1) is 0 Å². The molecule has 2 heterocycles.